The van der Waals surface area contributed by atoms with E-state index in [0.717, 1.165) is 6.07 Å². The van der Waals surface area contributed by atoms with Crippen LogP contribution in [-0.2, 0) is 14.9 Å². The van der Waals surface area contributed by atoms with Gasteiger partial charge in [-0.25, -0.2) is 0 Å². The summed E-state index contributed by atoms with van der Waals surface area (Å²) in [4.78, 5) is 0. The van der Waals surface area contributed by atoms with Gasteiger partial charge in [0.2, 0.25) is 0 Å². The van der Waals surface area contributed by atoms with E-state index in [1.807, 2.05) is 0 Å². The number of rotatable bonds is 4. The molecule has 3 aromatic carbocycles. The number of benzene rings is 3. The van der Waals surface area contributed by atoms with Gasteiger partial charge in [-0.05, 0) is 23.8 Å². The minimum atomic E-state index is -5.13. The first-order chi connectivity index (χ1) is 13.5. The van der Waals surface area contributed by atoms with Gasteiger partial charge < -0.3 is 10.2 Å². The molecule has 0 saturated carbocycles. The van der Waals surface area contributed by atoms with Gasteiger partial charge >= 0.3 is 0 Å². The Bertz CT molecular complexity index is 1200. The molecule has 29 heavy (non-hydrogen) atoms. The Morgan fingerprint density at radius 1 is 0.828 bits per heavy atom. The highest BCUT2D eigenvalue weighted by atomic mass is 35.5. The molecule has 1 unspecified atom stereocenters. The van der Waals surface area contributed by atoms with Gasteiger partial charge in [0.15, 0.2) is 4.75 Å². The van der Waals surface area contributed by atoms with Gasteiger partial charge in [-0.15, -0.1) is 0 Å². The van der Waals surface area contributed by atoms with Crippen molar-refractivity contribution in [1.82, 2.24) is 0 Å². The topological polar surface area (TPSA) is 94.8 Å². The highest BCUT2D eigenvalue weighted by Crippen LogP contribution is 2.54. The average molecular weight is 494 g/mol. The summed E-state index contributed by atoms with van der Waals surface area (Å²) in [5.41, 5.74) is -0.648. The van der Waals surface area contributed by atoms with E-state index in [9.17, 15) is 23.2 Å². The molecule has 5 nitrogen and oxygen atoms in total. The minimum Gasteiger partial charge on any atom is -0.506 e. The number of hydrogen-bond acceptors (Lipinski definition) is 4. The Balaban J connectivity index is 2.67. The third-order valence-corrected chi connectivity index (χ3v) is 7.07. The molecule has 0 fully saturated rings. The summed E-state index contributed by atoms with van der Waals surface area (Å²) in [6.45, 7) is 0. The first-order valence-electron chi connectivity index (χ1n) is 7.90. The van der Waals surface area contributed by atoms with Crippen LogP contribution in [0.5, 0.6) is 11.5 Å². The number of phenols is 2. The molecule has 3 N–H and O–H groups in total. The zero-order chi connectivity index (χ0) is 21.6. The fourth-order valence-electron chi connectivity index (χ4n) is 3.23. The number of aromatic hydroxyl groups is 2. The molecule has 0 heterocycles. The molecule has 0 bridgehead atoms. The Labute approximate surface area is 186 Å². The molecule has 0 aliphatic rings. The van der Waals surface area contributed by atoms with E-state index in [1.165, 1.54) is 42.5 Å². The predicted octanol–water partition coefficient (Wildman–Crippen LogP) is 5.89. The number of phenolic OH excluding ortho intramolecular Hbond substituents is 2. The van der Waals surface area contributed by atoms with Crippen LogP contribution in [0.2, 0.25) is 20.1 Å². The standard InChI is InChI=1S/C19H12Cl4O5S/c20-11-6-7-13(21)12(8-11)19(29(26,27)28,10-4-2-1-3-5-10)16-14(22)9-15(24)17(23)18(16)25/h1-9,24-25H,(H,26,27,28). The SMILES string of the molecule is O=S(=O)(O)C(c1ccccc1)(c1cc(Cl)ccc1Cl)c1c(Cl)cc(O)c(Cl)c1O. The zero-order valence-corrected chi connectivity index (χ0v) is 18.1. The lowest BCUT2D eigenvalue weighted by Gasteiger charge is -2.34. The van der Waals surface area contributed by atoms with E-state index < -0.39 is 37.0 Å². The summed E-state index contributed by atoms with van der Waals surface area (Å²) in [7, 11) is -5.13. The largest absolute Gasteiger partial charge is 0.506 e. The smallest absolute Gasteiger partial charge is 0.283 e. The van der Waals surface area contributed by atoms with Crippen molar-refractivity contribution in [2.24, 2.45) is 0 Å². The Hall–Kier alpha value is -1.67. The molecular formula is C19H12Cl4O5S. The summed E-state index contributed by atoms with van der Waals surface area (Å²) in [6, 6.07) is 12.5. The highest BCUT2D eigenvalue weighted by molar-refractivity contribution is 7.87. The average Bonchev–Trinajstić information content (AvgIpc) is 2.65. The minimum absolute atomic E-state index is 0.00521. The fraction of sp³-hybridized carbons (Fsp3) is 0.0526. The Kier molecular flexibility index (Phi) is 5.98. The van der Waals surface area contributed by atoms with Crippen LogP contribution in [-0.4, -0.2) is 23.2 Å². The molecule has 0 aliphatic heterocycles. The van der Waals surface area contributed by atoms with E-state index in [0.29, 0.717) is 0 Å². The normalized spacial score (nSPS) is 13.8. The maximum Gasteiger partial charge on any atom is 0.283 e. The summed E-state index contributed by atoms with van der Waals surface area (Å²) in [6.07, 6.45) is 0. The first-order valence-corrected chi connectivity index (χ1v) is 10.9. The molecule has 3 aromatic rings. The van der Waals surface area contributed by atoms with Crippen LogP contribution in [0.1, 0.15) is 16.7 Å². The molecule has 0 aliphatic carbocycles. The van der Waals surface area contributed by atoms with E-state index >= 15 is 0 Å². The molecule has 3 rings (SSSR count). The summed E-state index contributed by atoms with van der Waals surface area (Å²) >= 11 is 24.6. The summed E-state index contributed by atoms with van der Waals surface area (Å²) in [5.74, 6) is -1.42. The van der Waals surface area contributed by atoms with Gasteiger partial charge in [-0.2, -0.15) is 8.42 Å². The monoisotopic (exact) mass is 492 g/mol. The lowest BCUT2D eigenvalue weighted by molar-refractivity contribution is 0.431. The molecular weight excluding hydrogens is 482 g/mol. The van der Waals surface area contributed by atoms with Crippen molar-refractivity contribution >= 4 is 56.5 Å². The highest BCUT2D eigenvalue weighted by Gasteiger charge is 2.53. The van der Waals surface area contributed by atoms with Crippen LogP contribution >= 0.6 is 46.4 Å². The first kappa shape index (κ1) is 22.0. The van der Waals surface area contributed by atoms with E-state index in [-0.39, 0.29) is 26.2 Å². The second kappa shape index (κ2) is 7.87. The molecule has 0 amide bonds. The van der Waals surface area contributed by atoms with E-state index in [1.54, 1.807) is 6.07 Å². The fourth-order valence-corrected chi connectivity index (χ4v) is 5.60. The van der Waals surface area contributed by atoms with Crippen LogP contribution < -0.4 is 0 Å². The van der Waals surface area contributed by atoms with E-state index in [4.69, 9.17) is 46.4 Å². The van der Waals surface area contributed by atoms with Gasteiger partial charge in [0, 0.05) is 27.2 Å². The Morgan fingerprint density at radius 2 is 1.45 bits per heavy atom. The lowest BCUT2D eigenvalue weighted by atomic mass is 9.83. The number of hydrogen-bond donors (Lipinski definition) is 3. The van der Waals surface area contributed by atoms with Crippen LogP contribution in [0.4, 0.5) is 0 Å². The zero-order valence-electron chi connectivity index (χ0n) is 14.3. The predicted molar refractivity (Wildman–Crippen MR) is 114 cm³/mol. The quantitative estimate of drug-likeness (QED) is 0.311. The van der Waals surface area contributed by atoms with Gasteiger partial charge in [-0.1, -0.05) is 76.7 Å². The van der Waals surface area contributed by atoms with Crippen LogP contribution in [0.25, 0.3) is 0 Å². The molecule has 0 saturated heterocycles. The molecule has 10 heteroatoms. The third-order valence-electron chi connectivity index (χ3n) is 4.40. The lowest BCUT2D eigenvalue weighted by Crippen LogP contribution is -2.39. The summed E-state index contributed by atoms with van der Waals surface area (Å²) < 4.78 is 34.0. The Morgan fingerprint density at radius 3 is 2.03 bits per heavy atom. The van der Waals surface area contributed by atoms with E-state index in [2.05, 4.69) is 0 Å². The van der Waals surface area contributed by atoms with Crippen molar-refractivity contribution < 1.29 is 23.2 Å². The van der Waals surface area contributed by atoms with Crippen molar-refractivity contribution in [3.63, 3.8) is 0 Å². The maximum atomic E-state index is 13.0. The van der Waals surface area contributed by atoms with Crippen molar-refractivity contribution in [3.05, 3.63) is 91.4 Å². The van der Waals surface area contributed by atoms with Crippen molar-refractivity contribution in [3.8, 4) is 11.5 Å². The molecule has 0 radical (unpaired) electrons. The van der Waals surface area contributed by atoms with Crippen molar-refractivity contribution in [1.29, 1.82) is 0 Å². The molecule has 1 atom stereocenters. The number of halogens is 4. The van der Waals surface area contributed by atoms with Crippen LogP contribution in [0.3, 0.4) is 0 Å². The van der Waals surface area contributed by atoms with Crippen LogP contribution in [0.15, 0.2) is 54.6 Å². The van der Waals surface area contributed by atoms with Gasteiger partial charge in [-0.3, -0.25) is 4.55 Å². The maximum absolute atomic E-state index is 13.0. The van der Waals surface area contributed by atoms with Gasteiger partial charge in [0.25, 0.3) is 10.1 Å². The molecule has 0 spiro atoms. The van der Waals surface area contributed by atoms with Crippen molar-refractivity contribution in [2.75, 3.05) is 0 Å². The third kappa shape index (κ3) is 3.54. The van der Waals surface area contributed by atoms with Crippen molar-refractivity contribution in [2.45, 2.75) is 4.75 Å². The molecule has 152 valence electrons. The van der Waals surface area contributed by atoms with Crippen LogP contribution in [0, 0.1) is 0 Å². The second-order valence-electron chi connectivity index (χ2n) is 6.06. The molecule has 0 aromatic heterocycles. The summed E-state index contributed by atoms with van der Waals surface area (Å²) in [5, 5.41) is 19.7. The van der Waals surface area contributed by atoms with Gasteiger partial charge in [0.1, 0.15) is 16.5 Å². The van der Waals surface area contributed by atoms with Gasteiger partial charge in [0.05, 0.1) is 5.02 Å². The second-order valence-corrected chi connectivity index (χ2v) is 9.25.